The summed E-state index contributed by atoms with van der Waals surface area (Å²) in [5.41, 5.74) is 17.0. The molecule has 1 atom stereocenters. The largest absolute Gasteiger partial charge is 0.310 e. The topological polar surface area (TPSA) is 3.24 Å². The number of allylic oxidation sites excluding steroid dienone is 3. The molecule has 234 valence electrons. The molecule has 47 heavy (non-hydrogen) atoms. The molecule has 1 heteroatoms. The van der Waals surface area contributed by atoms with Gasteiger partial charge in [0, 0.05) is 16.9 Å². The molecule has 0 bridgehead atoms. The van der Waals surface area contributed by atoms with Crippen molar-refractivity contribution in [3.05, 3.63) is 167 Å². The third-order valence-corrected chi connectivity index (χ3v) is 10.7. The molecule has 0 N–H and O–H groups in total. The highest BCUT2D eigenvalue weighted by Gasteiger charge is 2.53. The van der Waals surface area contributed by atoms with Crippen LogP contribution in [0.2, 0.25) is 0 Å². The van der Waals surface area contributed by atoms with Crippen LogP contribution in [0, 0.1) is 5.92 Å². The molecule has 1 nitrogen and oxygen atoms in total. The minimum absolute atomic E-state index is 0.0331. The smallest absolute Gasteiger partial charge is 0.0726 e. The highest BCUT2D eigenvalue weighted by Crippen LogP contribution is 2.65. The van der Waals surface area contributed by atoms with Crippen LogP contribution >= 0.6 is 0 Å². The fourth-order valence-corrected chi connectivity index (χ4v) is 8.22. The molecule has 0 saturated carbocycles. The fourth-order valence-electron chi connectivity index (χ4n) is 8.22. The lowest BCUT2D eigenvalue weighted by molar-refractivity contribution is 0.586. The summed E-state index contributed by atoms with van der Waals surface area (Å²) in [6, 6.07) is 41.8. The van der Waals surface area contributed by atoms with E-state index in [2.05, 4.69) is 181 Å². The number of nitrogens with zero attached hydrogens (tertiary/aromatic N) is 1. The van der Waals surface area contributed by atoms with Crippen LogP contribution in [-0.4, -0.2) is 0 Å². The Morgan fingerprint density at radius 1 is 0.596 bits per heavy atom. The van der Waals surface area contributed by atoms with E-state index in [0.29, 0.717) is 5.92 Å². The van der Waals surface area contributed by atoms with Gasteiger partial charge in [-0.3, -0.25) is 0 Å². The number of hydrogen-bond acceptors (Lipinski definition) is 1. The second-order valence-corrected chi connectivity index (χ2v) is 15.9. The summed E-state index contributed by atoms with van der Waals surface area (Å²) in [6.45, 7) is 16.3. The molecule has 8 rings (SSSR count). The molecule has 5 aromatic carbocycles. The van der Waals surface area contributed by atoms with Crippen molar-refractivity contribution < 1.29 is 0 Å². The second kappa shape index (κ2) is 10.4. The molecule has 3 aliphatic carbocycles. The van der Waals surface area contributed by atoms with Crippen molar-refractivity contribution in [2.24, 2.45) is 5.92 Å². The molecule has 0 radical (unpaired) electrons. The van der Waals surface area contributed by atoms with Gasteiger partial charge in [0.15, 0.2) is 0 Å². The maximum absolute atomic E-state index is 2.54. The molecule has 5 aromatic rings. The van der Waals surface area contributed by atoms with E-state index in [-0.39, 0.29) is 10.8 Å². The summed E-state index contributed by atoms with van der Waals surface area (Å²) >= 11 is 0. The number of fused-ring (bicyclic) bond motifs is 10. The van der Waals surface area contributed by atoms with Gasteiger partial charge in [0.05, 0.1) is 11.1 Å². The Morgan fingerprint density at radius 3 is 1.79 bits per heavy atom. The molecule has 0 aromatic heterocycles. The van der Waals surface area contributed by atoms with E-state index in [1.165, 1.54) is 72.7 Å². The summed E-state index contributed by atoms with van der Waals surface area (Å²) in [5.74, 6) is 0.544. The predicted octanol–water partition coefficient (Wildman–Crippen LogP) is 12.2. The normalized spacial score (nSPS) is 17.2. The summed E-state index contributed by atoms with van der Waals surface area (Å²) in [7, 11) is 0. The standard InChI is InChI=1S/C46H45N/c1-30-20-24-34(25-21-30)47(33-14-9-8-10-15-33)42-19-13-18-39-43(42)37-16-11-12-17-38(37)46(39)40-28-31(44(2,3)4)22-26-35(40)36-27-23-32(29-41(36)46)45(5,6)7/h8-20,22-30H,21H2,1-7H3. The minimum atomic E-state index is -0.414. The Hall–Kier alpha value is -4.62. The highest BCUT2D eigenvalue weighted by molar-refractivity contribution is 6.00. The van der Waals surface area contributed by atoms with Crippen molar-refractivity contribution in [1.29, 1.82) is 0 Å². The van der Waals surface area contributed by atoms with E-state index in [9.17, 15) is 0 Å². The first-order valence-corrected chi connectivity index (χ1v) is 17.3. The molecule has 3 aliphatic rings. The third-order valence-electron chi connectivity index (χ3n) is 10.7. The Kier molecular flexibility index (Phi) is 6.61. The van der Waals surface area contributed by atoms with Gasteiger partial charge in [-0.1, -0.05) is 152 Å². The molecule has 0 fully saturated rings. The van der Waals surface area contributed by atoms with Crippen molar-refractivity contribution in [2.45, 2.75) is 71.1 Å². The van der Waals surface area contributed by atoms with Gasteiger partial charge in [0.1, 0.15) is 0 Å². The van der Waals surface area contributed by atoms with Gasteiger partial charge in [0.25, 0.3) is 0 Å². The van der Waals surface area contributed by atoms with Crippen LogP contribution in [0.25, 0.3) is 22.3 Å². The predicted molar refractivity (Wildman–Crippen MR) is 200 cm³/mol. The van der Waals surface area contributed by atoms with E-state index in [1.54, 1.807) is 0 Å². The fraction of sp³-hybridized carbons (Fsp3) is 0.261. The lowest BCUT2D eigenvalue weighted by atomic mass is 9.69. The van der Waals surface area contributed by atoms with E-state index < -0.39 is 5.41 Å². The Balaban J connectivity index is 1.49. The van der Waals surface area contributed by atoms with Crippen LogP contribution in [0.3, 0.4) is 0 Å². The van der Waals surface area contributed by atoms with Crippen molar-refractivity contribution in [3.8, 4) is 22.3 Å². The van der Waals surface area contributed by atoms with E-state index >= 15 is 0 Å². The number of hydrogen-bond donors (Lipinski definition) is 0. The molecule has 0 amide bonds. The number of para-hydroxylation sites is 1. The average Bonchev–Trinajstić information content (AvgIpc) is 3.52. The van der Waals surface area contributed by atoms with Crippen LogP contribution in [0.5, 0.6) is 0 Å². The van der Waals surface area contributed by atoms with Gasteiger partial charge in [0.2, 0.25) is 0 Å². The SMILES string of the molecule is CC1C=CC(N(c2ccccc2)c2cccc3c2-c2ccccc2C32c3cc(C(C)(C)C)ccc3-c3ccc(C(C)(C)C)cc32)=CC1. The molecular formula is C46H45N. The Labute approximate surface area is 281 Å². The minimum Gasteiger partial charge on any atom is -0.310 e. The van der Waals surface area contributed by atoms with E-state index in [1.807, 2.05) is 0 Å². The molecule has 0 aliphatic heterocycles. The lowest BCUT2D eigenvalue weighted by Gasteiger charge is -2.34. The maximum atomic E-state index is 2.54. The number of rotatable bonds is 3. The van der Waals surface area contributed by atoms with Crippen molar-refractivity contribution in [3.63, 3.8) is 0 Å². The molecule has 1 spiro atoms. The molecule has 0 heterocycles. The van der Waals surface area contributed by atoms with Crippen molar-refractivity contribution in [1.82, 2.24) is 0 Å². The highest BCUT2D eigenvalue weighted by atomic mass is 15.1. The molecular weight excluding hydrogens is 567 g/mol. The zero-order valence-electron chi connectivity index (χ0n) is 28.9. The summed E-state index contributed by atoms with van der Waals surface area (Å²) in [5, 5.41) is 0. The average molecular weight is 612 g/mol. The second-order valence-electron chi connectivity index (χ2n) is 15.9. The summed E-state index contributed by atoms with van der Waals surface area (Å²) in [6.07, 6.45) is 8.13. The Bertz CT molecular complexity index is 2030. The van der Waals surface area contributed by atoms with Gasteiger partial charge >= 0.3 is 0 Å². The summed E-state index contributed by atoms with van der Waals surface area (Å²) < 4.78 is 0. The lowest BCUT2D eigenvalue weighted by Crippen LogP contribution is -2.27. The van der Waals surface area contributed by atoms with Gasteiger partial charge < -0.3 is 4.90 Å². The van der Waals surface area contributed by atoms with Gasteiger partial charge in [-0.25, -0.2) is 0 Å². The van der Waals surface area contributed by atoms with E-state index in [4.69, 9.17) is 0 Å². The summed E-state index contributed by atoms with van der Waals surface area (Å²) in [4.78, 5) is 2.49. The van der Waals surface area contributed by atoms with Crippen molar-refractivity contribution in [2.75, 3.05) is 4.90 Å². The van der Waals surface area contributed by atoms with Gasteiger partial charge in [-0.2, -0.15) is 0 Å². The van der Waals surface area contributed by atoms with Crippen LogP contribution in [0.1, 0.15) is 88.3 Å². The number of anilines is 2. The van der Waals surface area contributed by atoms with E-state index in [0.717, 1.165) is 6.42 Å². The third kappa shape index (κ3) is 4.43. The van der Waals surface area contributed by atoms with Crippen molar-refractivity contribution >= 4 is 11.4 Å². The van der Waals surface area contributed by atoms with Crippen LogP contribution in [0.4, 0.5) is 11.4 Å². The quantitative estimate of drug-likeness (QED) is 0.192. The van der Waals surface area contributed by atoms with Gasteiger partial charge in [-0.05, 0) is 97.5 Å². The maximum Gasteiger partial charge on any atom is 0.0726 e. The first-order valence-electron chi connectivity index (χ1n) is 17.3. The Morgan fingerprint density at radius 2 is 1.19 bits per heavy atom. The van der Waals surface area contributed by atoms with Crippen LogP contribution in [0.15, 0.2) is 133 Å². The number of benzene rings is 5. The zero-order valence-corrected chi connectivity index (χ0v) is 28.9. The molecule has 1 unspecified atom stereocenters. The van der Waals surface area contributed by atoms with Crippen LogP contribution in [-0.2, 0) is 16.2 Å². The zero-order chi connectivity index (χ0) is 32.7. The van der Waals surface area contributed by atoms with Crippen LogP contribution < -0.4 is 4.90 Å². The first kappa shape index (κ1) is 29.8. The van der Waals surface area contributed by atoms with Gasteiger partial charge in [-0.15, -0.1) is 0 Å². The molecule has 0 saturated heterocycles. The first-order chi connectivity index (χ1) is 22.5. The monoisotopic (exact) mass is 611 g/mol.